The van der Waals surface area contributed by atoms with E-state index in [0.717, 1.165) is 12.0 Å². The standard InChI is InChI=1S/C13H18O3/c1-3-7-11(14)12(13(15)16-2)10-8-5-4-6-9-10/h4-6,8-9,11-12,14H,3,7H2,1-2H3/t11-,12+/m1/s1. The van der Waals surface area contributed by atoms with E-state index in [2.05, 4.69) is 0 Å². The number of rotatable bonds is 5. The molecule has 2 atom stereocenters. The van der Waals surface area contributed by atoms with Crippen LogP contribution < -0.4 is 0 Å². The molecule has 0 aromatic heterocycles. The Bertz CT molecular complexity index is 321. The molecule has 1 aromatic rings. The minimum absolute atomic E-state index is 0.382. The molecule has 0 aliphatic rings. The van der Waals surface area contributed by atoms with Crippen molar-refractivity contribution in [2.45, 2.75) is 31.8 Å². The van der Waals surface area contributed by atoms with Crippen LogP contribution in [-0.4, -0.2) is 24.3 Å². The highest BCUT2D eigenvalue weighted by Crippen LogP contribution is 2.23. The zero-order chi connectivity index (χ0) is 12.0. The topological polar surface area (TPSA) is 46.5 Å². The molecule has 1 N–H and O–H groups in total. The van der Waals surface area contributed by atoms with Gasteiger partial charge in [-0.1, -0.05) is 43.7 Å². The second-order valence-electron chi connectivity index (χ2n) is 3.77. The molecule has 0 heterocycles. The Labute approximate surface area is 96.1 Å². The molecule has 3 heteroatoms. The zero-order valence-electron chi connectivity index (χ0n) is 9.72. The Hall–Kier alpha value is -1.35. The second kappa shape index (κ2) is 6.28. The molecule has 88 valence electrons. The van der Waals surface area contributed by atoms with E-state index in [1.54, 1.807) is 0 Å². The molecule has 0 saturated heterocycles. The van der Waals surface area contributed by atoms with E-state index in [4.69, 9.17) is 4.74 Å². The number of methoxy groups -OCH3 is 1. The lowest BCUT2D eigenvalue weighted by atomic mass is 9.91. The number of ether oxygens (including phenoxy) is 1. The number of esters is 1. The number of benzene rings is 1. The molecule has 0 unspecified atom stereocenters. The fraction of sp³-hybridized carbons (Fsp3) is 0.462. The summed E-state index contributed by atoms with van der Waals surface area (Å²) < 4.78 is 4.74. The van der Waals surface area contributed by atoms with E-state index in [0.29, 0.717) is 6.42 Å². The van der Waals surface area contributed by atoms with E-state index < -0.39 is 12.0 Å². The first-order valence-corrected chi connectivity index (χ1v) is 5.51. The van der Waals surface area contributed by atoms with Gasteiger partial charge in [-0.3, -0.25) is 4.79 Å². The van der Waals surface area contributed by atoms with Crippen molar-refractivity contribution in [3.05, 3.63) is 35.9 Å². The highest BCUT2D eigenvalue weighted by atomic mass is 16.5. The van der Waals surface area contributed by atoms with Crippen LogP contribution in [0.5, 0.6) is 0 Å². The van der Waals surface area contributed by atoms with Gasteiger partial charge in [0.15, 0.2) is 0 Å². The molecular formula is C13H18O3. The molecule has 0 fully saturated rings. The Balaban J connectivity index is 2.92. The van der Waals surface area contributed by atoms with Gasteiger partial charge in [-0.15, -0.1) is 0 Å². The monoisotopic (exact) mass is 222 g/mol. The lowest BCUT2D eigenvalue weighted by Crippen LogP contribution is -2.27. The first-order chi connectivity index (χ1) is 7.70. The summed E-state index contributed by atoms with van der Waals surface area (Å²) in [5, 5.41) is 9.96. The number of hydrogen-bond donors (Lipinski definition) is 1. The van der Waals surface area contributed by atoms with Crippen molar-refractivity contribution in [2.75, 3.05) is 7.11 Å². The molecule has 0 amide bonds. The highest BCUT2D eigenvalue weighted by Gasteiger charge is 2.28. The van der Waals surface area contributed by atoms with Gasteiger partial charge in [0.25, 0.3) is 0 Å². The molecule has 3 nitrogen and oxygen atoms in total. The van der Waals surface area contributed by atoms with Crippen molar-refractivity contribution in [3.8, 4) is 0 Å². The molecule has 0 aliphatic heterocycles. The fourth-order valence-electron chi connectivity index (χ4n) is 1.77. The van der Waals surface area contributed by atoms with Gasteiger partial charge in [-0.05, 0) is 12.0 Å². The summed E-state index contributed by atoms with van der Waals surface area (Å²) in [5.74, 6) is -0.960. The summed E-state index contributed by atoms with van der Waals surface area (Å²) in [6.07, 6.45) is 0.746. The van der Waals surface area contributed by atoms with Gasteiger partial charge >= 0.3 is 5.97 Å². The van der Waals surface area contributed by atoms with Crippen LogP contribution in [-0.2, 0) is 9.53 Å². The van der Waals surface area contributed by atoms with Crippen molar-refractivity contribution >= 4 is 5.97 Å². The Morgan fingerprint density at radius 2 is 2.00 bits per heavy atom. The van der Waals surface area contributed by atoms with Gasteiger partial charge < -0.3 is 9.84 Å². The van der Waals surface area contributed by atoms with E-state index in [9.17, 15) is 9.90 Å². The van der Waals surface area contributed by atoms with E-state index in [1.807, 2.05) is 37.3 Å². The third-order valence-electron chi connectivity index (χ3n) is 2.58. The predicted molar refractivity (Wildman–Crippen MR) is 62.1 cm³/mol. The van der Waals surface area contributed by atoms with Gasteiger partial charge in [0, 0.05) is 0 Å². The SMILES string of the molecule is CCC[C@@H](O)[C@@H](C(=O)OC)c1ccccc1. The molecule has 1 aromatic carbocycles. The van der Waals surface area contributed by atoms with Crippen molar-refractivity contribution in [1.29, 1.82) is 0 Å². The van der Waals surface area contributed by atoms with Crippen molar-refractivity contribution in [1.82, 2.24) is 0 Å². The minimum Gasteiger partial charge on any atom is -0.468 e. The summed E-state index contributed by atoms with van der Waals surface area (Å²) in [4.78, 5) is 11.6. The summed E-state index contributed by atoms with van der Waals surface area (Å²) in [7, 11) is 1.34. The van der Waals surface area contributed by atoms with E-state index >= 15 is 0 Å². The van der Waals surface area contributed by atoms with E-state index in [1.165, 1.54) is 7.11 Å². The van der Waals surface area contributed by atoms with Crippen LogP contribution in [0.1, 0.15) is 31.2 Å². The second-order valence-corrected chi connectivity index (χ2v) is 3.77. The fourth-order valence-corrected chi connectivity index (χ4v) is 1.77. The normalized spacial score (nSPS) is 14.2. The molecule has 0 spiro atoms. The lowest BCUT2D eigenvalue weighted by molar-refractivity contribution is -0.145. The first-order valence-electron chi connectivity index (χ1n) is 5.51. The highest BCUT2D eigenvalue weighted by molar-refractivity contribution is 5.78. The van der Waals surface area contributed by atoms with Gasteiger partial charge in [0.1, 0.15) is 5.92 Å². The van der Waals surface area contributed by atoms with Crippen LogP contribution in [0.15, 0.2) is 30.3 Å². The summed E-state index contributed by atoms with van der Waals surface area (Å²) in [6, 6.07) is 9.25. The van der Waals surface area contributed by atoms with E-state index in [-0.39, 0.29) is 5.97 Å². The van der Waals surface area contributed by atoms with Gasteiger partial charge in [0.2, 0.25) is 0 Å². The number of hydrogen-bond acceptors (Lipinski definition) is 3. The quantitative estimate of drug-likeness (QED) is 0.776. The predicted octanol–water partition coefficient (Wildman–Crippen LogP) is 2.10. The van der Waals surface area contributed by atoms with Crippen molar-refractivity contribution in [2.24, 2.45) is 0 Å². The summed E-state index contributed by atoms with van der Waals surface area (Å²) in [6.45, 7) is 1.97. The molecule has 0 saturated carbocycles. The largest absolute Gasteiger partial charge is 0.468 e. The maximum Gasteiger partial charge on any atom is 0.315 e. The van der Waals surface area contributed by atoms with Crippen LogP contribution in [0.2, 0.25) is 0 Å². The third kappa shape index (κ3) is 3.07. The maximum absolute atomic E-state index is 11.6. The molecule has 1 rings (SSSR count). The van der Waals surface area contributed by atoms with Crippen molar-refractivity contribution in [3.63, 3.8) is 0 Å². The summed E-state index contributed by atoms with van der Waals surface area (Å²) in [5.41, 5.74) is 0.801. The number of carbonyl (C=O) groups is 1. The van der Waals surface area contributed by atoms with Crippen molar-refractivity contribution < 1.29 is 14.6 Å². The Kier molecular flexibility index (Phi) is 4.99. The average molecular weight is 222 g/mol. The van der Waals surface area contributed by atoms with Crippen LogP contribution in [0, 0.1) is 0 Å². The van der Waals surface area contributed by atoms with Crippen LogP contribution >= 0.6 is 0 Å². The Morgan fingerprint density at radius 3 is 2.50 bits per heavy atom. The van der Waals surface area contributed by atoms with Crippen LogP contribution in [0.3, 0.4) is 0 Å². The first kappa shape index (κ1) is 12.7. The van der Waals surface area contributed by atoms with Gasteiger partial charge in [-0.25, -0.2) is 0 Å². The summed E-state index contributed by atoms with van der Waals surface area (Å²) >= 11 is 0. The molecule has 0 radical (unpaired) electrons. The smallest absolute Gasteiger partial charge is 0.315 e. The van der Waals surface area contributed by atoms with Crippen LogP contribution in [0.25, 0.3) is 0 Å². The van der Waals surface area contributed by atoms with Crippen LogP contribution in [0.4, 0.5) is 0 Å². The zero-order valence-corrected chi connectivity index (χ0v) is 9.72. The third-order valence-corrected chi connectivity index (χ3v) is 2.58. The Morgan fingerprint density at radius 1 is 1.38 bits per heavy atom. The number of aliphatic hydroxyl groups is 1. The number of aliphatic hydroxyl groups excluding tert-OH is 1. The van der Waals surface area contributed by atoms with Gasteiger partial charge in [0.05, 0.1) is 13.2 Å². The molecular weight excluding hydrogens is 204 g/mol. The minimum atomic E-state index is -0.681. The average Bonchev–Trinajstić information content (AvgIpc) is 2.31. The molecule has 0 aliphatic carbocycles. The maximum atomic E-state index is 11.6. The molecule has 0 bridgehead atoms. The molecule has 16 heavy (non-hydrogen) atoms. The van der Waals surface area contributed by atoms with Gasteiger partial charge in [-0.2, -0.15) is 0 Å². The number of carbonyl (C=O) groups excluding carboxylic acids is 1. The lowest BCUT2D eigenvalue weighted by Gasteiger charge is -2.20.